The molecule has 0 aliphatic rings. The minimum Gasteiger partial charge on any atom is -0.364 e. The van der Waals surface area contributed by atoms with Crippen molar-refractivity contribution in [1.29, 1.82) is 0 Å². The molecule has 0 unspecified atom stereocenters. The SMILES string of the molecule is CN(C)C(c1[nH]cnc1C(N)=O)N(C)C. The summed E-state index contributed by atoms with van der Waals surface area (Å²) in [7, 11) is 7.71. The molecule has 0 radical (unpaired) electrons. The molecule has 15 heavy (non-hydrogen) atoms. The molecule has 0 saturated carbocycles. The fraction of sp³-hybridized carbons (Fsp3) is 0.556. The lowest BCUT2D eigenvalue weighted by Crippen LogP contribution is -2.34. The van der Waals surface area contributed by atoms with Gasteiger partial charge in [-0.25, -0.2) is 4.98 Å². The van der Waals surface area contributed by atoms with Crippen LogP contribution < -0.4 is 5.73 Å². The highest BCUT2D eigenvalue weighted by atomic mass is 16.1. The third-order valence-corrected chi connectivity index (χ3v) is 2.14. The van der Waals surface area contributed by atoms with Gasteiger partial charge in [0.05, 0.1) is 12.0 Å². The lowest BCUT2D eigenvalue weighted by atomic mass is 10.2. The van der Waals surface area contributed by atoms with Crippen molar-refractivity contribution in [2.45, 2.75) is 6.17 Å². The van der Waals surface area contributed by atoms with Crippen molar-refractivity contribution < 1.29 is 4.79 Å². The van der Waals surface area contributed by atoms with E-state index in [1.165, 1.54) is 6.33 Å². The van der Waals surface area contributed by atoms with Crippen molar-refractivity contribution in [3.8, 4) is 0 Å². The Kier molecular flexibility index (Phi) is 3.43. The number of nitrogens with zero attached hydrogens (tertiary/aromatic N) is 3. The average molecular weight is 211 g/mol. The number of nitrogens with two attached hydrogens (primary N) is 1. The second kappa shape index (κ2) is 4.41. The van der Waals surface area contributed by atoms with Gasteiger partial charge in [0.2, 0.25) is 0 Å². The molecule has 0 saturated heterocycles. The predicted octanol–water partition coefficient (Wildman–Crippen LogP) is -0.370. The summed E-state index contributed by atoms with van der Waals surface area (Å²) in [6.45, 7) is 0. The summed E-state index contributed by atoms with van der Waals surface area (Å²) in [4.78, 5) is 22.0. The van der Waals surface area contributed by atoms with Gasteiger partial charge < -0.3 is 10.7 Å². The molecular formula is C9H17N5O. The predicted molar refractivity (Wildman–Crippen MR) is 57.2 cm³/mol. The second-order valence-electron chi connectivity index (χ2n) is 3.83. The number of hydrogen-bond donors (Lipinski definition) is 2. The molecule has 0 aliphatic heterocycles. The van der Waals surface area contributed by atoms with Gasteiger partial charge in [0.1, 0.15) is 6.17 Å². The highest BCUT2D eigenvalue weighted by Crippen LogP contribution is 2.20. The highest BCUT2D eigenvalue weighted by Gasteiger charge is 2.23. The van der Waals surface area contributed by atoms with E-state index in [0.717, 1.165) is 5.69 Å². The molecule has 0 atom stereocenters. The van der Waals surface area contributed by atoms with Crippen LogP contribution in [-0.2, 0) is 0 Å². The van der Waals surface area contributed by atoms with Crippen LogP contribution in [0.3, 0.4) is 0 Å². The number of imidazole rings is 1. The van der Waals surface area contributed by atoms with Crippen LogP contribution in [0.4, 0.5) is 0 Å². The van der Waals surface area contributed by atoms with Crippen molar-refractivity contribution in [1.82, 2.24) is 19.8 Å². The van der Waals surface area contributed by atoms with Crippen molar-refractivity contribution >= 4 is 5.91 Å². The maximum atomic E-state index is 11.1. The summed E-state index contributed by atoms with van der Waals surface area (Å²) >= 11 is 0. The molecule has 0 aromatic carbocycles. The summed E-state index contributed by atoms with van der Waals surface area (Å²) in [5, 5.41) is 0. The number of rotatable bonds is 4. The van der Waals surface area contributed by atoms with E-state index in [1.54, 1.807) is 0 Å². The molecule has 1 heterocycles. The number of primary amides is 1. The van der Waals surface area contributed by atoms with E-state index in [4.69, 9.17) is 5.73 Å². The van der Waals surface area contributed by atoms with E-state index in [-0.39, 0.29) is 6.17 Å². The summed E-state index contributed by atoms with van der Waals surface area (Å²) in [6.07, 6.45) is 1.44. The number of H-pyrrole nitrogens is 1. The maximum Gasteiger partial charge on any atom is 0.269 e. The summed E-state index contributed by atoms with van der Waals surface area (Å²) in [5.41, 5.74) is 6.25. The molecule has 0 spiro atoms. The Hall–Kier alpha value is -1.40. The third kappa shape index (κ3) is 2.34. The largest absolute Gasteiger partial charge is 0.364 e. The number of aromatic nitrogens is 2. The van der Waals surface area contributed by atoms with Crippen LogP contribution in [0.1, 0.15) is 22.3 Å². The first-order valence-corrected chi connectivity index (χ1v) is 4.61. The first-order valence-electron chi connectivity index (χ1n) is 4.61. The maximum absolute atomic E-state index is 11.1. The smallest absolute Gasteiger partial charge is 0.269 e. The molecule has 84 valence electrons. The van der Waals surface area contributed by atoms with Crippen LogP contribution in [0.15, 0.2) is 6.33 Å². The van der Waals surface area contributed by atoms with Crippen molar-refractivity contribution in [2.75, 3.05) is 28.2 Å². The second-order valence-corrected chi connectivity index (χ2v) is 3.83. The number of hydrogen-bond acceptors (Lipinski definition) is 4. The molecule has 3 N–H and O–H groups in total. The van der Waals surface area contributed by atoms with E-state index >= 15 is 0 Å². The molecule has 1 amide bonds. The first kappa shape index (κ1) is 11.7. The topological polar surface area (TPSA) is 78.2 Å². The Balaban J connectivity index is 3.11. The van der Waals surface area contributed by atoms with Gasteiger partial charge in [0.15, 0.2) is 5.69 Å². The highest BCUT2D eigenvalue weighted by molar-refractivity contribution is 5.92. The van der Waals surface area contributed by atoms with Gasteiger partial charge in [-0.1, -0.05) is 0 Å². The Morgan fingerprint density at radius 1 is 1.40 bits per heavy atom. The number of nitrogens with one attached hydrogen (secondary N) is 1. The van der Waals surface area contributed by atoms with Gasteiger partial charge in [0, 0.05) is 0 Å². The van der Waals surface area contributed by atoms with Crippen LogP contribution in [0.5, 0.6) is 0 Å². The average Bonchev–Trinajstić information content (AvgIpc) is 2.51. The number of aromatic amines is 1. The van der Waals surface area contributed by atoms with Crippen LogP contribution in [0.25, 0.3) is 0 Å². The van der Waals surface area contributed by atoms with Crippen molar-refractivity contribution in [3.63, 3.8) is 0 Å². The molecular weight excluding hydrogens is 194 g/mol. The van der Waals surface area contributed by atoms with Gasteiger partial charge >= 0.3 is 0 Å². The van der Waals surface area contributed by atoms with E-state index in [2.05, 4.69) is 9.97 Å². The Bertz CT molecular complexity index is 336. The van der Waals surface area contributed by atoms with Gasteiger partial charge in [0.25, 0.3) is 5.91 Å². The number of amides is 1. The zero-order valence-electron chi connectivity index (χ0n) is 9.48. The molecule has 1 aromatic rings. The Labute approximate surface area is 89.1 Å². The lowest BCUT2D eigenvalue weighted by Gasteiger charge is -2.29. The van der Waals surface area contributed by atoms with Gasteiger partial charge in [-0.05, 0) is 28.2 Å². The van der Waals surface area contributed by atoms with Crippen LogP contribution >= 0.6 is 0 Å². The fourth-order valence-corrected chi connectivity index (χ4v) is 1.68. The first-order chi connectivity index (χ1) is 6.95. The molecule has 1 rings (SSSR count). The standard InChI is InChI=1S/C9H17N5O/c1-13(2)9(14(3)4)7-6(8(10)15)11-5-12-7/h5,9H,1-4H3,(H2,10,15)(H,11,12). The molecule has 1 aromatic heterocycles. The number of carbonyl (C=O) groups excluding carboxylic acids is 1. The summed E-state index contributed by atoms with van der Waals surface area (Å²) in [5.74, 6) is -0.514. The third-order valence-electron chi connectivity index (χ3n) is 2.14. The molecule has 6 nitrogen and oxygen atoms in total. The van der Waals surface area contributed by atoms with Crippen LogP contribution in [0, 0.1) is 0 Å². The van der Waals surface area contributed by atoms with Gasteiger partial charge in [-0.2, -0.15) is 0 Å². The van der Waals surface area contributed by atoms with Crippen LogP contribution in [-0.4, -0.2) is 53.9 Å². The monoisotopic (exact) mass is 211 g/mol. The van der Waals surface area contributed by atoms with Gasteiger partial charge in [-0.15, -0.1) is 0 Å². The van der Waals surface area contributed by atoms with Crippen LogP contribution in [0.2, 0.25) is 0 Å². The van der Waals surface area contributed by atoms with E-state index in [9.17, 15) is 4.79 Å². The van der Waals surface area contributed by atoms with E-state index in [0.29, 0.717) is 5.69 Å². The van der Waals surface area contributed by atoms with Crippen molar-refractivity contribution in [2.24, 2.45) is 5.73 Å². The zero-order chi connectivity index (χ0) is 11.6. The van der Waals surface area contributed by atoms with E-state index in [1.807, 2.05) is 38.0 Å². The Morgan fingerprint density at radius 2 is 1.93 bits per heavy atom. The molecule has 0 aliphatic carbocycles. The molecule has 6 heteroatoms. The normalized spacial score (nSPS) is 11.7. The molecule has 0 fully saturated rings. The number of carbonyl (C=O) groups is 1. The van der Waals surface area contributed by atoms with Gasteiger partial charge in [-0.3, -0.25) is 14.6 Å². The van der Waals surface area contributed by atoms with Crippen molar-refractivity contribution in [3.05, 3.63) is 17.7 Å². The lowest BCUT2D eigenvalue weighted by molar-refractivity contribution is 0.0977. The minimum atomic E-state index is -0.514. The minimum absolute atomic E-state index is 0.0463. The summed E-state index contributed by atoms with van der Waals surface area (Å²) < 4.78 is 0. The fourth-order valence-electron chi connectivity index (χ4n) is 1.68. The molecule has 0 bridgehead atoms. The quantitative estimate of drug-likeness (QED) is 0.666. The van der Waals surface area contributed by atoms with E-state index < -0.39 is 5.91 Å². The summed E-state index contributed by atoms with van der Waals surface area (Å²) in [6, 6.07) is 0. The Morgan fingerprint density at radius 3 is 2.33 bits per heavy atom. The zero-order valence-corrected chi connectivity index (χ0v) is 9.48.